The Hall–Kier alpha value is -3.62. The van der Waals surface area contributed by atoms with Gasteiger partial charge >= 0.3 is 0 Å². The van der Waals surface area contributed by atoms with Gasteiger partial charge in [-0.15, -0.1) is 0 Å². The molecule has 0 amide bonds. The molecular weight excluding hydrogens is 431 g/mol. The second-order valence-electron chi connectivity index (χ2n) is 8.27. The Morgan fingerprint density at radius 1 is 0.912 bits per heavy atom. The number of halogens is 1. The van der Waals surface area contributed by atoms with Gasteiger partial charge in [-0.3, -0.25) is 4.90 Å². The van der Waals surface area contributed by atoms with E-state index in [1.807, 2.05) is 36.4 Å². The van der Waals surface area contributed by atoms with Crippen LogP contribution in [0.25, 0.3) is 22.0 Å². The molecule has 1 aliphatic heterocycles. The molecule has 0 aliphatic carbocycles. The summed E-state index contributed by atoms with van der Waals surface area (Å²) in [6.45, 7) is 5.61. The SMILES string of the molecule is COCCN1CCN(c2ccc(Nc3ncc4cccc(-c5ccccc5F)c4n3)cn2)CC1. The molecule has 2 aromatic carbocycles. The molecular formula is C26H27FN6O. The van der Waals surface area contributed by atoms with Gasteiger partial charge in [0.2, 0.25) is 5.95 Å². The Balaban J connectivity index is 1.31. The van der Waals surface area contributed by atoms with Gasteiger partial charge in [0, 0.05) is 62.5 Å². The van der Waals surface area contributed by atoms with Gasteiger partial charge in [0.1, 0.15) is 11.6 Å². The second-order valence-corrected chi connectivity index (χ2v) is 8.27. The van der Waals surface area contributed by atoms with Crippen molar-refractivity contribution in [2.24, 2.45) is 0 Å². The molecule has 8 heteroatoms. The number of benzene rings is 2. The third-order valence-electron chi connectivity index (χ3n) is 6.09. The minimum absolute atomic E-state index is 0.276. The molecule has 0 atom stereocenters. The minimum Gasteiger partial charge on any atom is -0.383 e. The number of hydrogen-bond acceptors (Lipinski definition) is 7. The highest BCUT2D eigenvalue weighted by molar-refractivity contribution is 5.94. The summed E-state index contributed by atoms with van der Waals surface area (Å²) in [5, 5.41) is 4.08. The van der Waals surface area contributed by atoms with E-state index in [-0.39, 0.29) is 5.82 Å². The number of hydrogen-bond donors (Lipinski definition) is 1. The lowest BCUT2D eigenvalue weighted by atomic mass is 10.0. The van der Waals surface area contributed by atoms with Gasteiger partial charge in [-0.1, -0.05) is 36.4 Å². The smallest absolute Gasteiger partial charge is 0.227 e. The van der Waals surface area contributed by atoms with E-state index < -0.39 is 0 Å². The van der Waals surface area contributed by atoms with Crippen LogP contribution in [0.4, 0.5) is 21.8 Å². The predicted molar refractivity (Wildman–Crippen MR) is 133 cm³/mol. The van der Waals surface area contributed by atoms with Crippen LogP contribution in [-0.4, -0.2) is 66.3 Å². The maximum Gasteiger partial charge on any atom is 0.227 e. The Morgan fingerprint density at radius 3 is 2.50 bits per heavy atom. The molecule has 5 rings (SSSR count). The lowest BCUT2D eigenvalue weighted by Crippen LogP contribution is -2.47. The van der Waals surface area contributed by atoms with Crippen LogP contribution in [0, 0.1) is 5.82 Å². The molecule has 0 unspecified atom stereocenters. The molecule has 1 fully saturated rings. The molecule has 0 saturated carbocycles. The number of para-hydroxylation sites is 1. The summed E-state index contributed by atoms with van der Waals surface area (Å²) in [4.78, 5) is 18.5. The fourth-order valence-electron chi connectivity index (χ4n) is 4.21. The van der Waals surface area contributed by atoms with Gasteiger partial charge in [0.25, 0.3) is 0 Å². The van der Waals surface area contributed by atoms with Crippen LogP contribution >= 0.6 is 0 Å². The summed E-state index contributed by atoms with van der Waals surface area (Å²) in [5.41, 5.74) is 2.75. The first-order valence-electron chi connectivity index (χ1n) is 11.4. The van der Waals surface area contributed by atoms with Crippen molar-refractivity contribution in [2.45, 2.75) is 0 Å². The summed E-state index contributed by atoms with van der Waals surface area (Å²) in [6, 6.07) is 16.4. The molecule has 2 aromatic heterocycles. The fraction of sp³-hybridized carbons (Fsp3) is 0.269. The largest absolute Gasteiger partial charge is 0.383 e. The van der Waals surface area contributed by atoms with Crippen molar-refractivity contribution >= 4 is 28.4 Å². The van der Waals surface area contributed by atoms with Gasteiger partial charge in [-0.2, -0.15) is 0 Å². The Bertz CT molecular complexity index is 1260. The van der Waals surface area contributed by atoms with E-state index in [0.29, 0.717) is 17.0 Å². The number of pyridine rings is 1. The lowest BCUT2D eigenvalue weighted by Gasteiger charge is -2.35. The Labute approximate surface area is 198 Å². The highest BCUT2D eigenvalue weighted by Crippen LogP contribution is 2.30. The second kappa shape index (κ2) is 10.1. The van der Waals surface area contributed by atoms with Gasteiger partial charge in [-0.25, -0.2) is 19.3 Å². The highest BCUT2D eigenvalue weighted by Gasteiger charge is 2.17. The van der Waals surface area contributed by atoms with E-state index in [1.165, 1.54) is 6.07 Å². The molecule has 34 heavy (non-hydrogen) atoms. The molecule has 1 saturated heterocycles. The molecule has 7 nitrogen and oxygen atoms in total. The number of nitrogens with zero attached hydrogens (tertiary/aromatic N) is 5. The summed E-state index contributed by atoms with van der Waals surface area (Å²) < 4.78 is 19.6. The molecule has 0 bridgehead atoms. The quantitative estimate of drug-likeness (QED) is 0.442. The first-order chi connectivity index (χ1) is 16.7. The van der Waals surface area contributed by atoms with Crippen LogP contribution in [0.1, 0.15) is 0 Å². The topological polar surface area (TPSA) is 66.4 Å². The van der Waals surface area contributed by atoms with Crippen LogP contribution in [0.15, 0.2) is 67.0 Å². The third-order valence-corrected chi connectivity index (χ3v) is 6.09. The van der Waals surface area contributed by atoms with E-state index in [1.54, 1.807) is 31.6 Å². The van der Waals surface area contributed by atoms with E-state index in [2.05, 4.69) is 25.1 Å². The molecule has 1 N–H and O–H groups in total. The normalized spacial score (nSPS) is 14.5. The van der Waals surface area contributed by atoms with E-state index in [0.717, 1.165) is 61.8 Å². The third kappa shape index (κ3) is 4.83. The zero-order valence-electron chi connectivity index (χ0n) is 19.1. The van der Waals surface area contributed by atoms with Crippen molar-refractivity contribution in [1.82, 2.24) is 19.9 Å². The maximum atomic E-state index is 14.4. The van der Waals surface area contributed by atoms with Gasteiger partial charge in [0.15, 0.2) is 0 Å². The summed E-state index contributed by atoms with van der Waals surface area (Å²) in [6.07, 6.45) is 3.54. The van der Waals surface area contributed by atoms with Crippen molar-refractivity contribution in [3.63, 3.8) is 0 Å². The van der Waals surface area contributed by atoms with Crippen LogP contribution in [0.5, 0.6) is 0 Å². The van der Waals surface area contributed by atoms with Crippen molar-refractivity contribution in [1.29, 1.82) is 0 Å². The predicted octanol–water partition coefficient (Wildman–Crippen LogP) is 4.34. The number of nitrogens with one attached hydrogen (secondary N) is 1. The van der Waals surface area contributed by atoms with Crippen LogP contribution < -0.4 is 10.2 Å². The van der Waals surface area contributed by atoms with Crippen molar-refractivity contribution in [3.8, 4) is 11.1 Å². The zero-order valence-corrected chi connectivity index (χ0v) is 19.1. The standard InChI is InChI=1S/C26H27FN6O/c1-34-16-15-32-11-13-33(14-12-32)24-10-9-20(18-28-24)30-26-29-17-19-5-4-7-22(25(19)31-26)21-6-2-3-8-23(21)27/h2-10,17-18H,11-16H2,1H3,(H,29,30,31). The summed E-state index contributed by atoms with van der Waals surface area (Å²) in [5.74, 6) is 1.12. The summed E-state index contributed by atoms with van der Waals surface area (Å²) in [7, 11) is 1.74. The zero-order chi connectivity index (χ0) is 23.3. The van der Waals surface area contributed by atoms with Crippen LogP contribution in [0.2, 0.25) is 0 Å². The molecule has 3 heterocycles. The Kier molecular flexibility index (Phi) is 6.60. The van der Waals surface area contributed by atoms with Crippen LogP contribution in [0.3, 0.4) is 0 Å². The Morgan fingerprint density at radius 2 is 1.74 bits per heavy atom. The molecule has 1 aliphatic rings. The van der Waals surface area contributed by atoms with Gasteiger partial charge in [0.05, 0.1) is 24.0 Å². The number of ether oxygens (including phenoxy) is 1. The lowest BCUT2D eigenvalue weighted by molar-refractivity contribution is 0.144. The number of fused-ring (bicyclic) bond motifs is 1. The number of aromatic nitrogens is 3. The van der Waals surface area contributed by atoms with E-state index in [4.69, 9.17) is 9.72 Å². The van der Waals surface area contributed by atoms with E-state index >= 15 is 0 Å². The monoisotopic (exact) mass is 458 g/mol. The van der Waals surface area contributed by atoms with Crippen LogP contribution in [-0.2, 0) is 4.74 Å². The van der Waals surface area contributed by atoms with Gasteiger partial charge < -0.3 is 15.0 Å². The number of piperazine rings is 1. The first-order valence-corrected chi connectivity index (χ1v) is 11.4. The highest BCUT2D eigenvalue weighted by atomic mass is 19.1. The molecule has 174 valence electrons. The number of methoxy groups -OCH3 is 1. The van der Waals surface area contributed by atoms with E-state index in [9.17, 15) is 4.39 Å². The summed E-state index contributed by atoms with van der Waals surface area (Å²) >= 11 is 0. The van der Waals surface area contributed by atoms with Crippen molar-refractivity contribution < 1.29 is 9.13 Å². The number of anilines is 3. The average molecular weight is 459 g/mol. The fourth-order valence-corrected chi connectivity index (χ4v) is 4.21. The minimum atomic E-state index is -0.276. The van der Waals surface area contributed by atoms with Crippen molar-refractivity contribution in [3.05, 3.63) is 72.8 Å². The number of rotatable bonds is 7. The van der Waals surface area contributed by atoms with Gasteiger partial charge in [-0.05, 0) is 18.2 Å². The molecule has 0 spiro atoms. The maximum absolute atomic E-state index is 14.4. The first kappa shape index (κ1) is 22.2. The molecule has 0 radical (unpaired) electrons. The molecule has 4 aromatic rings. The van der Waals surface area contributed by atoms with Crippen molar-refractivity contribution in [2.75, 3.05) is 56.7 Å². The average Bonchev–Trinajstić information content (AvgIpc) is 2.88.